The molecule has 2 N–H and O–H groups in total. The molecule has 2 rings (SSSR count). The van der Waals surface area contributed by atoms with Crippen molar-refractivity contribution in [3.05, 3.63) is 63.3 Å². The summed E-state index contributed by atoms with van der Waals surface area (Å²) in [6, 6.07) is 11.4. The van der Waals surface area contributed by atoms with Crippen LogP contribution in [0.3, 0.4) is 0 Å². The molecule has 0 bridgehead atoms. The molecule has 0 spiro atoms. The molecule has 2 atom stereocenters. The molecule has 2 unspecified atom stereocenters. The number of rotatable bonds is 5. The largest absolute Gasteiger partial charge is 0.482 e. The molecule has 21 heavy (non-hydrogen) atoms. The van der Waals surface area contributed by atoms with Crippen LogP contribution in [0.1, 0.15) is 25.0 Å². The molecule has 2 aromatic rings. The molecule has 2 aromatic carbocycles. The topological polar surface area (TPSA) is 35.2 Å². The highest BCUT2D eigenvalue weighted by molar-refractivity contribution is 9.10. The van der Waals surface area contributed by atoms with Gasteiger partial charge in [-0.1, -0.05) is 52.7 Å². The Kier molecular flexibility index (Phi) is 5.62. The van der Waals surface area contributed by atoms with E-state index < -0.39 is 6.10 Å². The Morgan fingerprint density at radius 2 is 2.00 bits per heavy atom. The van der Waals surface area contributed by atoms with Crippen LogP contribution in [-0.2, 0) is 0 Å². The summed E-state index contributed by atoms with van der Waals surface area (Å²) in [7, 11) is 0. The fourth-order valence-corrected chi connectivity index (χ4v) is 2.73. The Labute approximate surface area is 137 Å². The molecule has 0 saturated carbocycles. The van der Waals surface area contributed by atoms with Gasteiger partial charge < -0.3 is 10.5 Å². The van der Waals surface area contributed by atoms with Crippen molar-refractivity contribution in [3.63, 3.8) is 0 Å². The summed E-state index contributed by atoms with van der Waals surface area (Å²) in [6.07, 6.45) is 0.0718. The van der Waals surface area contributed by atoms with Gasteiger partial charge in [-0.2, -0.15) is 0 Å². The zero-order valence-electron chi connectivity index (χ0n) is 11.5. The van der Waals surface area contributed by atoms with Crippen LogP contribution in [0.4, 0.5) is 4.39 Å². The Bertz CT molecular complexity index is 623. The molecule has 112 valence electrons. The monoisotopic (exact) mass is 371 g/mol. The maximum absolute atomic E-state index is 14.0. The average molecular weight is 373 g/mol. The van der Waals surface area contributed by atoms with E-state index in [1.807, 2.05) is 13.0 Å². The minimum Gasteiger partial charge on any atom is -0.482 e. The molecule has 0 heterocycles. The van der Waals surface area contributed by atoms with E-state index >= 15 is 0 Å². The van der Waals surface area contributed by atoms with Gasteiger partial charge in [-0.15, -0.1) is 0 Å². The first kappa shape index (κ1) is 16.3. The van der Waals surface area contributed by atoms with E-state index in [-0.39, 0.29) is 11.9 Å². The lowest BCUT2D eigenvalue weighted by Crippen LogP contribution is -2.32. The van der Waals surface area contributed by atoms with Crippen LogP contribution in [-0.4, -0.2) is 6.04 Å². The van der Waals surface area contributed by atoms with E-state index in [1.165, 1.54) is 6.07 Å². The highest BCUT2D eigenvalue weighted by Gasteiger charge is 2.24. The van der Waals surface area contributed by atoms with Crippen molar-refractivity contribution >= 4 is 27.5 Å². The zero-order chi connectivity index (χ0) is 15.4. The average Bonchev–Trinajstić information content (AvgIpc) is 2.47. The molecule has 0 amide bonds. The van der Waals surface area contributed by atoms with E-state index in [4.69, 9.17) is 22.1 Å². The minimum absolute atomic E-state index is 0.332. The quantitative estimate of drug-likeness (QED) is 0.792. The predicted molar refractivity (Wildman–Crippen MR) is 87.2 cm³/mol. The van der Waals surface area contributed by atoms with Crippen molar-refractivity contribution < 1.29 is 9.13 Å². The lowest BCUT2D eigenvalue weighted by atomic mass is 10.0. The summed E-state index contributed by atoms with van der Waals surface area (Å²) in [6.45, 7) is 1.94. The summed E-state index contributed by atoms with van der Waals surface area (Å²) in [4.78, 5) is 0. The van der Waals surface area contributed by atoms with Crippen molar-refractivity contribution in [2.45, 2.75) is 25.5 Å². The highest BCUT2D eigenvalue weighted by atomic mass is 79.9. The second kappa shape index (κ2) is 7.25. The van der Waals surface area contributed by atoms with Crippen LogP contribution >= 0.6 is 27.5 Å². The van der Waals surface area contributed by atoms with Crippen LogP contribution in [0, 0.1) is 5.82 Å². The summed E-state index contributed by atoms with van der Waals surface area (Å²) >= 11 is 9.50. The second-order valence-corrected chi connectivity index (χ2v) is 6.03. The highest BCUT2D eigenvalue weighted by Crippen LogP contribution is 2.33. The van der Waals surface area contributed by atoms with Gasteiger partial charge in [0.25, 0.3) is 0 Å². The third-order valence-corrected chi connectivity index (χ3v) is 4.01. The number of benzene rings is 2. The van der Waals surface area contributed by atoms with Gasteiger partial charge in [-0.05, 0) is 30.7 Å². The predicted octanol–water partition coefficient (Wildman–Crippen LogP) is 5.10. The van der Waals surface area contributed by atoms with Crippen LogP contribution < -0.4 is 10.5 Å². The lowest BCUT2D eigenvalue weighted by molar-refractivity contribution is 0.166. The van der Waals surface area contributed by atoms with Crippen LogP contribution in [0.25, 0.3) is 0 Å². The van der Waals surface area contributed by atoms with Crippen molar-refractivity contribution in [2.24, 2.45) is 5.73 Å². The van der Waals surface area contributed by atoms with Crippen molar-refractivity contribution in [1.82, 2.24) is 0 Å². The van der Waals surface area contributed by atoms with E-state index in [1.54, 1.807) is 30.3 Å². The van der Waals surface area contributed by atoms with Gasteiger partial charge in [0.05, 0.1) is 5.02 Å². The summed E-state index contributed by atoms with van der Waals surface area (Å²) < 4.78 is 20.8. The fraction of sp³-hybridized carbons (Fsp3) is 0.250. The Morgan fingerprint density at radius 1 is 1.29 bits per heavy atom. The third kappa shape index (κ3) is 3.96. The Morgan fingerprint density at radius 3 is 2.62 bits per heavy atom. The van der Waals surface area contributed by atoms with Gasteiger partial charge in [0.2, 0.25) is 0 Å². The molecule has 0 aromatic heterocycles. The first-order chi connectivity index (χ1) is 10.0. The van der Waals surface area contributed by atoms with E-state index in [0.717, 1.165) is 4.47 Å². The molecule has 2 nitrogen and oxygen atoms in total. The van der Waals surface area contributed by atoms with E-state index in [9.17, 15) is 4.39 Å². The van der Waals surface area contributed by atoms with Gasteiger partial charge in [-0.3, -0.25) is 0 Å². The number of nitrogens with two attached hydrogens (primary N) is 1. The van der Waals surface area contributed by atoms with Gasteiger partial charge >= 0.3 is 0 Å². The first-order valence-corrected chi connectivity index (χ1v) is 7.81. The Balaban J connectivity index is 2.35. The summed E-state index contributed by atoms with van der Waals surface area (Å²) in [5.74, 6) is 0.150. The number of halogens is 3. The summed E-state index contributed by atoms with van der Waals surface area (Å²) in [5.41, 5.74) is 6.54. The number of ether oxygens (including phenoxy) is 1. The smallest absolute Gasteiger partial charge is 0.142 e. The minimum atomic E-state index is -0.588. The molecule has 0 aliphatic heterocycles. The fourth-order valence-electron chi connectivity index (χ4n) is 2.01. The van der Waals surface area contributed by atoms with Crippen molar-refractivity contribution in [2.75, 3.05) is 0 Å². The van der Waals surface area contributed by atoms with Crippen LogP contribution in [0.2, 0.25) is 5.02 Å². The molecule has 0 fully saturated rings. The lowest BCUT2D eigenvalue weighted by Gasteiger charge is -2.25. The SMILES string of the molecule is CCC(N)C(Oc1ccc(Br)cc1Cl)c1ccccc1F. The molecule has 0 radical (unpaired) electrons. The van der Waals surface area contributed by atoms with Crippen LogP contribution in [0.5, 0.6) is 5.75 Å². The van der Waals surface area contributed by atoms with Crippen molar-refractivity contribution in [3.8, 4) is 5.75 Å². The summed E-state index contributed by atoms with van der Waals surface area (Å²) in [5, 5.41) is 0.453. The van der Waals surface area contributed by atoms with Gasteiger partial charge in [0, 0.05) is 16.1 Å². The molecule has 0 aliphatic rings. The molecule has 5 heteroatoms. The Hall–Kier alpha value is -1.10. The maximum atomic E-state index is 14.0. The zero-order valence-corrected chi connectivity index (χ0v) is 13.9. The van der Waals surface area contributed by atoms with Gasteiger partial charge in [-0.25, -0.2) is 4.39 Å². The molecule has 0 aliphatic carbocycles. The van der Waals surface area contributed by atoms with E-state index in [0.29, 0.717) is 22.8 Å². The number of hydrogen-bond donors (Lipinski definition) is 1. The van der Waals surface area contributed by atoms with Crippen molar-refractivity contribution in [1.29, 1.82) is 0 Å². The first-order valence-electron chi connectivity index (χ1n) is 6.64. The molecular weight excluding hydrogens is 357 g/mol. The van der Waals surface area contributed by atoms with Crippen LogP contribution in [0.15, 0.2) is 46.9 Å². The van der Waals surface area contributed by atoms with Gasteiger partial charge in [0.15, 0.2) is 0 Å². The van der Waals surface area contributed by atoms with E-state index in [2.05, 4.69) is 15.9 Å². The second-order valence-electron chi connectivity index (χ2n) is 4.71. The number of hydrogen-bond acceptors (Lipinski definition) is 2. The standard InChI is InChI=1S/C16H16BrClFNO/c1-2-14(20)16(11-5-3-4-6-13(11)19)21-15-8-7-10(17)9-12(15)18/h3-9,14,16H,2,20H2,1H3. The third-order valence-electron chi connectivity index (χ3n) is 3.22. The normalized spacial score (nSPS) is 13.8. The molecule has 0 saturated heterocycles. The molecular formula is C16H16BrClFNO. The maximum Gasteiger partial charge on any atom is 0.142 e. The van der Waals surface area contributed by atoms with Gasteiger partial charge in [0.1, 0.15) is 17.7 Å².